The van der Waals surface area contributed by atoms with Crippen LogP contribution in [0.1, 0.15) is 11.3 Å². The molecule has 0 aliphatic rings. The minimum atomic E-state index is -1.13. The van der Waals surface area contributed by atoms with Crippen molar-refractivity contribution in [1.82, 2.24) is 9.55 Å². The Balaban J connectivity index is 2.15. The third-order valence-corrected chi connectivity index (χ3v) is 3.57. The summed E-state index contributed by atoms with van der Waals surface area (Å²) < 4.78 is 7.88. The van der Waals surface area contributed by atoms with E-state index in [0.29, 0.717) is 0 Å². The number of aliphatic imine (C=N–C) groups is 1. The Labute approximate surface area is 121 Å². The van der Waals surface area contributed by atoms with Crippen LogP contribution in [0.15, 0.2) is 35.7 Å². The third kappa shape index (κ3) is 3.80. The highest BCUT2D eigenvalue weighted by Crippen LogP contribution is 2.31. The molecule has 0 amide bonds. The van der Waals surface area contributed by atoms with Crippen LogP contribution >= 0.6 is 0 Å². The van der Waals surface area contributed by atoms with Crippen LogP contribution in [0.5, 0.6) is 5.75 Å². The van der Waals surface area contributed by atoms with E-state index in [4.69, 9.17) is 4.43 Å². The molecule has 0 atom stereocenters. The van der Waals surface area contributed by atoms with Gasteiger partial charge in [0.1, 0.15) is 11.4 Å². The van der Waals surface area contributed by atoms with Crippen molar-refractivity contribution < 1.29 is 4.43 Å². The second-order valence-electron chi connectivity index (χ2n) is 5.13. The molecule has 1 aromatic heterocycles. The Hall–Kier alpha value is -1.88. The molecule has 1 heterocycles. The second-order valence-corrected chi connectivity index (χ2v) is 7.47. The summed E-state index contributed by atoms with van der Waals surface area (Å²) in [5, 5.41) is 0. The molecule has 0 N–H and O–H groups in total. The van der Waals surface area contributed by atoms with Gasteiger partial charge in [-0.05, 0) is 31.6 Å². The van der Waals surface area contributed by atoms with E-state index < -0.39 is 9.04 Å². The van der Waals surface area contributed by atoms with Crippen LogP contribution < -0.4 is 4.43 Å². The van der Waals surface area contributed by atoms with Crippen molar-refractivity contribution in [3.63, 3.8) is 0 Å². The summed E-state index contributed by atoms with van der Waals surface area (Å²) in [5.74, 6) is 0.893. The molecule has 4 nitrogen and oxygen atoms in total. The largest absolute Gasteiger partial charge is 0.546 e. The lowest BCUT2D eigenvalue weighted by atomic mass is 10.2. The zero-order valence-electron chi connectivity index (χ0n) is 12.5. The van der Waals surface area contributed by atoms with Gasteiger partial charge in [0.15, 0.2) is 0 Å². The zero-order valence-corrected chi connectivity index (χ0v) is 13.7. The van der Waals surface area contributed by atoms with Crippen molar-refractivity contribution in [3.05, 3.63) is 42.0 Å². The second kappa shape index (κ2) is 6.52. The van der Waals surface area contributed by atoms with E-state index in [0.717, 1.165) is 29.1 Å². The van der Waals surface area contributed by atoms with E-state index in [1.807, 2.05) is 36.2 Å². The lowest BCUT2D eigenvalue weighted by Crippen LogP contribution is -2.11. The number of nitrogens with zero attached hydrogens (tertiary/aromatic N) is 3. The summed E-state index contributed by atoms with van der Waals surface area (Å²) in [6.07, 6.45) is 6.44. The van der Waals surface area contributed by atoms with Gasteiger partial charge in [0, 0.05) is 25.9 Å². The van der Waals surface area contributed by atoms with E-state index in [2.05, 4.69) is 36.1 Å². The molecule has 0 fully saturated rings. The summed E-state index contributed by atoms with van der Waals surface area (Å²) in [5.41, 5.74) is 3.09. The van der Waals surface area contributed by atoms with Gasteiger partial charge in [0.05, 0.1) is 12.0 Å². The van der Waals surface area contributed by atoms with Crippen LogP contribution in [0, 0.1) is 6.92 Å². The van der Waals surface area contributed by atoms with E-state index in [1.165, 1.54) is 0 Å². The minimum Gasteiger partial charge on any atom is -0.546 e. The molecule has 0 spiro atoms. The van der Waals surface area contributed by atoms with Crippen LogP contribution in [0.3, 0.4) is 0 Å². The number of imidazole rings is 1. The average molecular weight is 287 g/mol. The molecular formula is C15H21N3OSi. The fourth-order valence-corrected chi connectivity index (χ4v) is 2.65. The van der Waals surface area contributed by atoms with E-state index >= 15 is 0 Å². The van der Waals surface area contributed by atoms with E-state index in [-0.39, 0.29) is 0 Å². The van der Waals surface area contributed by atoms with E-state index in [9.17, 15) is 0 Å². The first-order valence-corrected chi connectivity index (χ1v) is 9.60. The van der Waals surface area contributed by atoms with Crippen LogP contribution in [-0.4, -0.2) is 24.8 Å². The number of benzene rings is 1. The summed E-state index contributed by atoms with van der Waals surface area (Å²) in [6.45, 7) is 6.37. The van der Waals surface area contributed by atoms with Crippen molar-refractivity contribution >= 4 is 20.9 Å². The maximum absolute atomic E-state index is 5.94. The van der Waals surface area contributed by atoms with Gasteiger partial charge >= 0.3 is 0 Å². The van der Waals surface area contributed by atoms with E-state index in [1.54, 1.807) is 6.33 Å². The van der Waals surface area contributed by atoms with Gasteiger partial charge in [-0.15, -0.1) is 0 Å². The molecule has 0 aliphatic carbocycles. The van der Waals surface area contributed by atoms with Gasteiger partial charge in [-0.2, -0.15) is 0 Å². The highest BCUT2D eigenvalue weighted by molar-refractivity contribution is 6.49. The summed E-state index contributed by atoms with van der Waals surface area (Å²) in [7, 11) is 0.841. The normalized spacial score (nSPS) is 11.4. The third-order valence-electron chi connectivity index (χ3n) is 2.84. The monoisotopic (exact) mass is 287 g/mol. The first-order chi connectivity index (χ1) is 9.56. The molecule has 2 aromatic rings. The van der Waals surface area contributed by atoms with Gasteiger partial charge < -0.3 is 8.99 Å². The summed E-state index contributed by atoms with van der Waals surface area (Å²) >= 11 is 0. The molecule has 2 rings (SSSR count). The molecule has 0 bridgehead atoms. The van der Waals surface area contributed by atoms with Crippen molar-refractivity contribution in [1.29, 1.82) is 0 Å². The highest BCUT2D eigenvalue weighted by Gasteiger charge is 2.07. The first-order valence-electron chi connectivity index (χ1n) is 6.82. The number of hydrogen-bond acceptors (Lipinski definition) is 3. The number of rotatable bonds is 5. The molecule has 1 aromatic carbocycles. The van der Waals surface area contributed by atoms with Crippen molar-refractivity contribution in [2.75, 3.05) is 0 Å². The molecule has 106 valence electrons. The smallest absolute Gasteiger partial charge is 0.229 e. The van der Waals surface area contributed by atoms with Crippen molar-refractivity contribution in [2.45, 2.75) is 26.4 Å². The fourth-order valence-electron chi connectivity index (χ4n) is 1.95. The van der Waals surface area contributed by atoms with Gasteiger partial charge in [-0.3, -0.25) is 4.99 Å². The average Bonchev–Trinajstić information content (AvgIpc) is 2.78. The molecule has 0 saturated carbocycles. The van der Waals surface area contributed by atoms with Crippen LogP contribution in [-0.2, 0) is 13.5 Å². The minimum absolute atomic E-state index is 0.730. The standard InChI is InChI=1S/C15H21N3OSi/c1-12-6-5-7-14(19-20(3)4)15(12)16-9-8-13-10-18(2)11-17-13/h5-7,9-11,20H,8H2,1-4H3. The highest BCUT2D eigenvalue weighted by atomic mass is 28.3. The Morgan fingerprint density at radius 1 is 1.40 bits per heavy atom. The predicted molar refractivity (Wildman–Crippen MR) is 85.7 cm³/mol. The summed E-state index contributed by atoms with van der Waals surface area (Å²) in [6, 6.07) is 6.06. The quantitative estimate of drug-likeness (QED) is 0.626. The molecular weight excluding hydrogens is 266 g/mol. The van der Waals surface area contributed by atoms with Gasteiger partial charge in [0.2, 0.25) is 9.04 Å². The molecule has 5 heteroatoms. The molecule has 0 radical (unpaired) electrons. The Kier molecular flexibility index (Phi) is 4.73. The molecule has 0 unspecified atom stereocenters. The topological polar surface area (TPSA) is 39.4 Å². The van der Waals surface area contributed by atoms with Crippen molar-refractivity contribution in [2.24, 2.45) is 12.0 Å². The van der Waals surface area contributed by atoms with Crippen molar-refractivity contribution in [3.8, 4) is 5.75 Å². The van der Waals surface area contributed by atoms with Crippen LogP contribution in [0.25, 0.3) is 0 Å². The van der Waals surface area contributed by atoms with Crippen LogP contribution in [0.4, 0.5) is 5.69 Å². The zero-order chi connectivity index (χ0) is 14.5. The Morgan fingerprint density at radius 2 is 2.20 bits per heavy atom. The maximum Gasteiger partial charge on any atom is 0.229 e. The Bertz CT molecular complexity index is 605. The Morgan fingerprint density at radius 3 is 2.85 bits per heavy atom. The number of aromatic nitrogens is 2. The SMILES string of the molecule is Cc1cccc(O[SiH](C)C)c1N=CCc1cn(C)cn1. The van der Waals surface area contributed by atoms with Gasteiger partial charge in [0.25, 0.3) is 0 Å². The predicted octanol–water partition coefficient (Wildman–Crippen LogP) is 3.04. The van der Waals surface area contributed by atoms with Crippen LogP contribution in [0.2, 0.25) is 13.1 Å². The molecule has 20 heavy (non-hydrogen) atoms. The van der Waals surface area contributed by atoms with Gasteiger partial charge in [-0.1, -0.05) is 12.1 Å². The lowest BCUT2D eigenvalue weighted by Gasteiger charge is -2.13. The van der Waals surface area contributed by atoms with Gasteiger partial charge in [-0.25, -0.2) is 4.98 Å². The number of aryl methyl sites for hydroxylation is 2. The molecule has 0 saturated heterocycles. The molecule has 0 aliphatic heterocycles. The lowest BCUT2D eigenvalue weighted by molar-refractivity contribution is 0.581. The number of para-hydroxylation sites is 1. The first kappa shape index (κ1) is 14.5. The fraction of sp³-hybridized carbons (Fsp3) is 0.333. The maximum atomic E-state index is 5.94. The number of hydrogen-bond donors (Lipinski definition) is 0. The summed E-state index contributed by atoms with van der Waals surface area (Å²) in [4.78, 5) is 8.87.